The van der Waals surface area contributed by atoms with Gasteiger partial charge in [-0.05, 0) is 30.7 Å². The van der Waals surface area contributed by atoms with Gasteiger partial charge in [-0.3, -0.25) is 0 Å². The van der Waals surface area contributed by atoms with Gasteiger partial charge in [0.15, 0.2) is 0 Å². The Labute approximate surface area is 142 Å². The third-order valence-electron chi connectivity index (χ3n) is 4.31. The smallest absolute Gasteiger partial charge is 0.144 e. The van der Waals surface area contributed by atoms with E-state index >= 15 is 0 Å². The van der Waals surface area contributed by atoms with Gasteiger partial charge in [-0.2, -0.15) is 0 Å². The minimum Gasteiger partial charge on any atom is -0.497 e. The van der Waals surface area contributed by atoms with Crippen molar-refractivity contribution < 1.29 is 9.13 Å². The lowest BCUT2D eigenvalue weighted by atomic mass is 10.2. The lowest BCUT2D eigenvalue weighted by molar-refractivity contribution is 0.415. The number of nitrogens with zero attached hydrogens (tertiary/aromatic N) is 2. The first kappa shape index (κ1) is 16.5. The van der Waals surface area contributed by atoms with Gasteiger partial charge in [-0.25, -0.2) is 9.37 Å². The van der Waals surface area contributed by atoms with Gasteiger partial charge < -0.3 is 9.30 Å². The maximum atomic E-state index is 14.3. The number of halogens is 1. The van der Waals surface area contributed by atoms with Crippen molar-refractivity contribution in [2.75, 3.05) is 7.11 Å². The van der Waals surface area contributed by atoms with Gasteiger partial charge in [-0.15, -0.1) is 0 Å². The molecule has 0 unspecified atom stereocenters. The van der Waals surface area contributed by atoms with Crippen LogP contribution >= 0.6 is 0 Å². The molecule has 0 aliphatic carbocycles. The van der Waals surface area contributed by atoms with Gasteiger partial charge in [0.05, 0.1) is 23.7 Å². The van der Waals surface area contributed by atoms with Crippen LogP contribution in [-0.2, 0) is 6.54 Å². The Morgan fingerprint density at radius 1 is 1.08 bits per heavy atom. The highest BCUT2D eigenvalue weighted by atomic mass is 19.1. The molecule has 1 aromatic heterocycles. The average Bonchev–Trinajstić information content (AvgIpc) is 2.96. The second kappa shape index (κ2) is 7.47. The SMILES string of the molecule is CCCCCCn1c(-c2ccccc2F)nc2cc(OC)ccc21. The molecule has 0 radical (unpaired) electrons. The first-order chi connectivity index (χ1) is 11.7. The van der Waals surface area contributed by atoms with E-state index in [1.54, 1.807) is 19.2 Å². The minimum atomic E-state index is -0.241. The molecule has 3 aromatic rings. The molecule has 0 N–H and O–H groups in total. The fourth-order valence-electron chi connectivity index (χ4n) is 3.01. The number of imidazole rings is 1. The van der Waals surface area contributed by atoms with E-state index in [4.69, 9.17) is 9.72 Å². The standard InChI is InChI=1S/C20H23FN2O/c1-3-4-5-8-13-23-19-12-11-15(24-2)14-18(19)22-20(23)16-9-6-7-10-17(16)21/h6-7,9-12,14H,3-5,8,13H2,1-2H3. The third kappa shape index (κ3) is 3.28. The van der Waals surface area contributed by atoms with Gasteiger partial charge in [0, 0.05) is 12.6 Å². The summed E-state index contributed by atoms with van der Waals surface area (Å²) in [6, 6.07) is 12.7. The van der Waals surface area contributed by atoms with Crippen molar-refractivity contribution >= 4 is 11.0 Å². The number of ether oxygens (including phenoxy) is 1. The zero-order chi connectivity index (χ0) is 16.9. The van der Waals surface area contributed by atoms with Crippen molar-refractivity contribution in [1.82, 2.24) is 9.55 Å². The van der Waals surface area contributed by atoms with Crippen LogP contribution in [0, 0.1) is 5.82 Å². The Morgan fingerprint density at radius 3 is 2.67 bits per heavy atom. The molecule has 24 heavy (non-hydrogen) atoms. The normalized spacial score (nSPS) is 11.1. The zero-order valence-electron chi connectivity index (χ0n) is 14.3. The molecule has 4 heteroatoms. The highest BCUT2D eigenvalue weighted by Gasteiger charge is 2.15. The molecule has 3 rings (SSSR count). The fourth-order valence-corrected chi connectivity index (χ4v) is 3.01. The first-order valence-corrected chi connectivity index (χ1v) is 8.53. The molecule has 0 aliphatic rings. The maximum absolute atomic E-state index is 14.3. The summed E-state index contributed by atoms with van der Waals surface area (Å²) in [6.45, 7) is 3.04. The van der Waals surface area contributed by atoms with E-state index in [2.05, 4.69) is 11.5 Å². The minimum absolute atomic E-state index is 0.241. The number of hydrogen-bond donors (Lipinski definition) is 0. The van der Waals surface area contributed by atoms with Gasteiger partial charge in [0.1, 0.15) is 17.4 Å². The van der Waals surface area contributed by atoms with Crippen LogP contribution in [-0.4, -0.2) is 16.7 Å². The number of methoxy groups -OCH3 is 1. The monoisotopic (exact) mass is 326 g/mol. The second-order valence-corrected chi connectivity index (χ2v) is 5.98. The van der Waals surface area contributed by atoms with E-state index in [1.807, 2.05) is 24.3 Å². The van der Waals surface area contributed by atoms with E-state index < -0.39 is 0 Å². The van der Waals surface area contributed by atoms with Crippen LogP contribution in [0.25, 0.3) is 22.4 Å². The summed E-state index contributed by atoms with van der Waals surface area (Å²) in [7, 11) is 1.64. The number of rotatable bonds is 7. The Balaban J connectivity index is 2.06. The summed E-state index contributed by atoms with van der Waals surface area (Å²) < 4.78 is 21.7. The number of hydrogen-bond acceptors (Lipinski definition) is 2. The quantitative estimate of drug-likeness (QED) is 0.541. The number of aryl methyl sites for hydroxylation is 1. The first-order valence-electron chi connectivity index (χ1n) is 8.53. The molecule has 2 aromatic carbocycles. The van der Waals surface area contributed by atoms with E-state index in [0.717, 1.165) is 29.7 Å². The van der Waals surface area contributed by atoms with Crippen molar-refractivity contribution in [3.05, 3.63) is 48.3 Å². The van der Waals surface area contributed by atoms with Crippen LogP contribution in [0.15, 0.2) is 42.5 Å². The molecule has 0 amide bonds. The molecular weight excluding hydrogens is 303 g/mol. The number of fused-ring (bicyclic) bond motifs is 1. The van der Waals surface area contributed by atoms with Gasteiger partial charge in [-0.1, -0.05) is 38.3 Å². The van der Waals surface area contributed by atoms with Crippen LogP contribution in [0.5, 0.6) is 5.75 Å². The van der Waals surface area contributed by atoms with E-state index in [0.29, 0.717) is 11.4 Å². The van der Waals surface area contributed by atoms with Crippen LogP contribution in [0.3, 0.4) is 0 Å². The number of benzene rings is 2. The number of aromatic nitrogens is 2. The van der Waals surface area contributed by atoms with Crippen molar-refractivity contribution in [2.45, 2.75) is 39.2 Å². The number of unbranched alkanes of at least 4 members (excludes halogenated alkanes) is 3. The topological polar surface area (TPSA) is 27.1 Å². The van der Waals surface area contributed by atoms with Gasteiger partial charge in [0.2, 0.25) is 0 Å². The Kier molecular flexibility index (Phi) is 5.14. The predicted molar refractivity (Wildman–Crippen MR) is 95.8 cm³/mol. The third-order valence-corrected chi connectivity index (χ3v) is 4.31. The molecule has 0 atom stereocenters. The Hall–Kier alpha value is -2.36. The zero-order valence-corrected chi connectivity index (χ0v) is 14.3. The van der Waals surface area contributed by atoms with Crippen LogP contribution < -0.4 is 4.74 Å². The Bertz CT molecular complexity index is 826. The summed E-state index contributed by atoms with van der Waals surface area (Å²) >= 11 is 0. The fraction of sp³-hybridized carbons (Fsp3) is 0.350. The summed E-state index contributed by atoms with van der Waals surface area (Å²) in [5, 5.41) is 0. The molecule has 1 heterocycles. The second-order valence-electron chi connectivity index (χ2n) is 5.98. The lowest BCUT2D eigenvalue weighted by Gasteiger charge is -2.10. The maximum Gasteiger partial charge on any atom is 0.144 e. The van der Waals surface area contributed by atoms with Crippen molar-refractivity contribution in [3.63, 3.8) is 0 Å². The Morgan fingerprint density at radius 2 is 1.92 bits per heavy atom. The predicted octanol–water partition coefficient (Wildman–Crippen LogP) is 5.43. The summed E-state index contributed by atoms with van der Waals surface area (Å²) in [6.07, 6.45) is 4.65. The van der Waals surface area contributed by atoms with Crippen LogP contribution in [0.1, 0.15) is 32.6 Å². The summed E-state index contributed by atoms with van der Waals surface area (Å²) in [5.41, 5.74) is 2.40. The molecule has 0 saturated carbocycles. The van der Waals surface area contributed by atoms with Crippen LogP contribution in [0.2, 0.25) is 0 Å². The summed E-state index contributed by atoms with van der Waals surface area (Å²) in [4.78, 5) is 4.69. The molecule has 126 valence electrons. The van der Waals surface area contributed by atoms with E-state index in [-0.39, 0.29) is 5.82 Å². The lowest BCUT2D eigenvalue weighted by Crippen LogP contribution is -2.02. The molecular formula is C20H23FN2O. The van der Waals surface area contributed by atoms with Gasteiger partial charge in [0.25, 0.3) is 0 Å². The average molecular weight is 326 g/mol. The molecule has 0 spiro atoms. The molecule has 0 saturated heterocycles. The van der Waals surface area contributed by atoms with E-state index in [1.165, 1.54) is 25.3 Å². The molecule has 0 bridgehead atoms. The molecule has 3 nitrogen and oxygen atoms in total. The van der Waals surface area contributed by atoms with Crippen molar-refractivity contribution in [1.29, 1.82) is 0 Å². The molecule has 0 fully saturated rings. The highest BCUT2D eigenvalue weighted by Crippen LogP contribution is 2.29. The van der Waals surface area contributed by atoms with Crippen molar-refractivity contribution in [3.8, 4) is 17.1 Å². The highest BCUT2D eigenvalue weighted by molar-refractivity contribution is 5.82. The largest absolute Gasteiger partial charge is 0.497 e. The summed E-state index contributed by atoms with van der Waals surface area (Å²) in [5.74, 6) is 1.21. The van der Waals surface area contributed by atoms with E-state index in [9.17, 15) is 4.39 Å². The van der Waals surface area contributed by atoms with Crippen LogP contribution in [0.4, 0.5) is 4.39 Å². The molecule has 0 aliphatic heterocycles. The van der Waals surface area contributed by atoms with Gasteiger partial charge >= 0.3 is 0 Å². The van der Waals surface area contributed by atoms with Crippen molar-refractivity contribution in [2.24, 2.45) is 0 Å².